The van der Waals surface area contributed by atoms with Crippen molar-refractivity contribution in [3.63, 3.8) is 0 Å². The molecule has 1 aliphatic rings. The number of carbonyl (C=O) groups excluding carboxylic acids is 2. The third kappa shape index (κ3) is 5.65. The highest BCUT2D eigenvalue weighted by Gasteiger charge is 2.27. The van der Waals surface area contributed by atoms with Gasteiger partial charge in [-0.2, -0.15) is 0 Å². The van der Waals surface area contributed by atoms with Crippen molar-refractivity contribution >= 4 is 35.0 Å². The Morgan fingerprint density at radius 2 is 1.50 bits per heavy atom. The zero-order chi connectivity index (χ0) is 21.5. The van der Waals surface area contributed by atoms with Crippen LogP contribution in [-0.4, -0.2) is 67.6 Å². The van der Waals surface area contributed by atoms with E-state index < -0.39 is 0 Å². The van der Waals surface area contributed by atoms with Gasteiger partial charge < -0.3 is 19.3 Å². The van der Waals surface area contributed by atoms with Crippen molar-refractivity contribution < 1.29 is 19.1 Å². The molecule has 2 aromatic rings. The molecule has 30 heavy (non-hydrogen) atoms. The second-order valence-electron chi connectivity index (χ2n) is 6.78. The van der Waals surface area contributed by atoms with Gasteiger partial charge in [-0.1, -0.05) is 35.3 Å². The van der Waals surface area contributed by atoms with Crippen molar-refractivity contribution in [1.29, 1.82) is 0 Å². The number of ether oxygens (including phenoxy) is 2. The fourth-order valence-electron chi connectivity index (χ4n) is 3.27. The molecule has 1 aliphatic heterocycles. The lowest BCUT2D eigenvalue weighted by molar-refractivity contribution is 0.0531. The highest BCUT2D eigenvalue weighted by Crippen LogP contribution is 2.23. The van der Waals surface area contributed by atoms with Crippen LogP contribution < -0.4 is 4.74 Å². The molecular weight excluding hydrogens is 427 g/mol. The largest absolute Gasteiger partial charge is 0.490 e. The molecule has 0 N–H and O–H groups in total. The lowest BCUT2D eigenvalue weighted by Gasteiger charge is -2.35. The molecule has 0 radical (unpaired) electrons. The summed E-state index contributed by atoms with van der Waals surface area (Å²) in [5.74, 6) is 0.278. The molecular formula is C22H24Cl2N2O4. The van der Waals surface area contributed by atoms with Crippen LogP contribution >= 0.6 is 23.2 Å². The molecule has 1 heterocycles. The van der Waals surface area contributed by atoms with E-state index in [1.54, 1.807) is 40.1 Å². The SMILES string of the molecule is CCOCCOc1ccccc1C(=O)N1CCN(C(=O)c2cc(Cl)cc(Cl)c2)CC1. The number of benzene rings is 2. The number of rotatable bonds is 7. The van der Waals surface area contributed by atoms with Gasteiger partial charge >= 0.3 is 0 Å². The van der Waals surface area contributed by atoms with E-state index in [1.807, 2.05) is 19.1 Å². The minimum Gasteiger partial charge on any atom is -0.490 e. The maximum Gasteiger partial charge on any atom is 0.257 e. The Kier molecular flexibility index (Phi) is 7.96. The third-order valence-electron chi connectivity index (χ3n) is 4.77. The third-order valence-corrected chi connectivity index (χ3v) is 5.21. The summed E-state index contributed by atoms with van der Waals surface area (Å²) in [6.45, 7) is 5.12. The lowest BCUT2D eigenvalue weighted by atomic mass is 10.1. The van der Waals surface area contributed by atoms with Gasteiger partial charge in [0.2, 0.25) is 0 Å². The number of hydrogen-bond acceptors (Lipinski definition) is 4. The first-order valence-corrected chi connectivity index (χ1v) is 10.6. The summed E-state index contributed by atoms with van der Waals surface area (Å²) in [4.78, 5) is 29.2. The van der Waals surface area contributed by atoms with Gasteiger partial charge in [-0.3, -0.25) is 9.59 Å². The van der Waals surface area contributed by atoms with Crippen LogP contribution in [0.1, 0.15) is 27.6 Å². The summed E-state index contributed by atoms with van der Waals surface area (Å²) in [6.07, 6.45) is 0. The number of hydrogen-bond donors (Lipinski definition) is 0. The van der Waals surface area contributed by atoms with Crippen LogP contribution in [0.3, 0.4) is 0 Å². The molecule has 0 spiro atoms. The van der Waals surface area contributed by atoms with E-state index >= 15 is 0 Å². The zero-order valence-corrected chi connectivity index (χ0v) is 18.3. The Labute approximate surface area is 186 Å². The molecule has 0 unspecified atom stereocenters. The van der Waals surface area contributed by atoms with Crippen LogP contribution in [0.15, 0.2) is 42.5 Å². The predicted molar refractivity (Wildman–Crippen MR) is 117 cm³/mol. The second-order valence-corrected chi connectivity index (χ2v) is 7.66. The lowest BCUT2D eigenvalue weighted by Crippen LogP contribution is -2.50. The number of halogens is 2. The smallest absolute Gasteiger partial charge is 0.257 e. The quantitative estimate of drug-likeness (QED) is 0.597. The van der Waals surface area contributed by atoms with Crippen LogP contribution in [-0.2, 0) is 4.74 Å². The van der Waals surface area contributed by atoms with Crippen molar-refractivity contribution in [2.75, 3.05) is 46.0 Å². The first kappa shape index (κ1) is 22.4. The molecule has 0 aliphatic carbocycles. The summed E-state index contributed by atoms with van der Waals surface area (Å²) in [7, 11) is 0. The van der Waals surface area contributed by atoms with Crippen LogP contribution in [0.5, 0.6) is 5.75 Å². The van der Waals surface area contributed by atoms with E-state index in [-0.39, 0.29) is 11.8 Å². The van der Waals surface area contributed by atoms with Crippen molar-refractivity contribution in [3.05, 3.63) is 63.6 Å². The van der Waals surface area contributed by atoms with E-state index in [9.17, 15) is 9.59 Å². The molecule has 6 nitrogen and oxygen atoms in total. The Hall–Kier alpha value is -2.28. The van der Waals surface area contributed by atoms with Gasteiger partial charge in [0.05, 0.1) is 12.2 Å². The van der Waals surface area contributed by atoms with Crippen LogP contribution in [0.2, 0.25) is 10.0 Å². The van der Waals surface area contributed by atoms with Gasteiger partial charge in [-0.05, 0) is 37.3 Å². The van der Waals surface area contributed by atoms with Crippen molar-refractivity contribution in [3.8, 4) is 5.75 Å². The Balaban J connectivity index is 1.61. The van der Waals surface area contributed by atoms with Gasteiger partial charge in [0.1, 0.15) is 12.4 Å². The Morgan fingerprint density at radius 3 is 2.13 bits per heavy atom. The van der Waals surface area contributed by atoms with Crippen LogP contribution in [0.25, 0.3) is 0 Å². The van der Waals surface area contributed by atoms with Crippen molar-refractivity contribution in [2.45, 2.75) is 6.92 Å². The van der Waals surface area contributed by atoms with Crippen molar-refractivity contribution in [1.82, 2.24) is 9.80 Å². The van der Waals surface area contributed by atoms with E-state index in [2.05, 4.69) is 0 Å². The molecule has 1 fully saturated rings. The van der Waals surface area contributed by atoms with E-state index in [4.69, 9.17) is 32.7 Å². The normalized spacial score (nSPS) is 14.0. The molecule has 8 heteroatoms. The molecule has 0 aromatic heterocycles. The van der Waals surface area contributed by atoms with E-state index in [1.165, 1.54) is 0 Å². The van der Waals surface area contributed by atoms with Gasteiger partial charge in [0.15, 0.2) is 0 Å². The Morgan fingerprint density at radius 1 is 0.900 bits per heavy atom. The maximum atomic E-state index is 13.0. The molecule has 0 atom stereocenters. The summed E-state index contributed by atoms with van der Waals surface area (Å²) in [5, 5.41) is 0.834. The number of carbonyl (C=O) groups is 2. The highest BCUT2D eigenvalue weighted by atomic mass is 35.5. The number of nitrogens with zero attached hydrogens (tertiary/aromatic N) is 2. The number of amides is 2. The standard InChI is InChI=1S/C22H24Cl2N2O4/c1-2-29-11-12-30-20-6-4-3-5-19(20)22(28)26-9-7-25(8-10-26)21(27)16-13-17(23)15-18(24)14-16/h3-6,13-15H,2,7-12H2,1H3. The van der Waals surface area contributed by atoms with Gasteiger partial charge in [-0.25, -0.2) is 0 Å². The predicted octanol–water partition coefficient (Wildman–Crippen LogP) is 4.01. The molecule has 160 valence electrons. The fourth-order valence-corrected chi connectivity index (χ4v) is 3.79. The summed E-state index contributed by atoms with van der Waals surface area (Å²) in [5.41, 5.74) is 0.954. The first-order valence-electron chi connectivity index (χ1n) is 9.83. The molecule has 3 rings (SSSR count). The average Bonchev–Trinajstić information content (AvgIpc) is 2.75. The molecule has 0 bridgehead atoms. The zero-order valence-electron chi connectivity index (χ0n) is 16.8. The van der Waals surface area contributed by atoms with Gasteiger partial charge in [0, 0.05) is 48.4 Å². The molecule has 2 amide bonds. The average molecular weight is 451 g/mol. The minimum atomic E-state index is -0.147. The van der Waals surface area contributed by atoms with Gasteiger partial charge in [-0.15, -0.1) is 0 Å². The number of para-hydroxylation sites is 1. The summed E-state index contributed by atoms with van der Waals surface area (Å²) >= 11 is 12.0. The van der Waals surface area contributed by atoms with E-state index in [0.717, 1.165) is 0 Å². The van der Waals surface area contributed by atoms with Crippen LogP contribution in [0, 0.1) is 0 Å². The molecule has 1 saturated heterocycles. The van der Waals surface area contributed by atoms with Gasteiger partial charge in [0.25, 0.3) is 11.8 Å². The highest BCUT2D eigenvalue weighted by molar-refractivity contribution is 6.35. The number of piperazine rings is 1. The van der Waals surface area contributed by atoms with E-state index in [0.29, 0.717) is 72.9 Å². The van der Waals surface area contributed by atoms with Crippen molar-refractivity contribution in [2.24, 2.45) is 0 Å². The fraction of sp³-hybridized carbons (Fsp3) is 0.364. The monoisotopic (exact) mass is 450 g/mol. The second kappa shape index (κ2) is 10.7. The summed E-state index contributed by atoms with van der Waals surface area (Å²) < 4.78 is 11.0. The first-order chi connectivity index (χ1) is 14.5. The maximum absolute atomic E-state index is 13.0. The molecule has 2 aromatic carbocycles. The molecule has 0 saturated carbocycles. The Bertz CT molecular complexity index is 878. The summed E-state index contributed by atoms with van der Waals surface area (Å²) in [6, 6.07) is 12.0. The minimum absolute atomic E-state index is 0.111. The van der Waals surface area contributed by atoms with Crippen LogP contribution in [0.4, 0.5) is 0 Å². The topological polar surface area (TPSA) is 59.1 Å².